The zero-order valence-electron chi connectivity index (χ0n) is 19.6. The van der Waals surface area contributed by atoms with Gasteiger partial charge in [-0.2, -0.15) is 5.26 Å². The number of allylic oxidation sites excluding steroid dienone is 4. The van der Waals surface area contributed by atoms with Crippen molar-refractivity contribution < 1.29 is 0 Å². The van der Waals surface area contributed by atoms with Crippen LogP contribution in [0, 0.1) is 16.7 Å². The van der Waals surface area contributed by atoms with Crippen molar-refractivity contribution in [1.82, 2.24) is 4.90 Å². The molecule has 0 amide bonds. The van der Waals surface area contributed by atoms with E-state index in [-0.39, 0.29) is 5.41 Å². The molecule has 4 rings (SSSR count). The Labute approximate surface area is 188 Å². The lowest BCUT2D eigenvalue weighted by molar-refractivity contribution is 0.352. The first-order valence-corrected chi connectivity index (χ1v) is 12.1. The molecule has 3 aliphatic rings. The van der Waals surface area contributed by atoms with E-state index in [9.17, 15) is 5.26 Å². The molecule has 31 heavy (non-hydrogen) atoms. The SMILES string of the molecule is C=C1C=C2c3cc(CC)c(CCC4(C#N)CC4)cc3CC(CC)N2C=C1C(=C)CCC. The minimum Gasteiger partial charge on any atom is -0.343 e. The van der Waals surface area contributed by atoms with Gasteiger partial charge in [-0.15, -0.1) is 0 Å². The van der Waals surface area contributed by atoms with Gasteiger partial charge in [0.25, 0.3) is 0 Å². The van der Waals surface area contributed by atoms with Gasteiger partial charge in [0.1, 0.15) is 0 Å². The zero-order chi connectivity index (χ0) is 22.2. The molecule has 0 aromatic heterocycles. The van der Waals surface area contributed by atoms with Gasteiger partial charge in [-0.25, -0.2) is 0 Å². The van der Waals surface area contributed by atoms with E-state index in [1.165, 1.54) is 39.1 Å². The number of benzene rings is 1. The standard InChI is InChI=1S/C29H36N2/c1-6-9-20(4)27-18-31-25(8-3)16-24-15-23(10-11-29(19-30)12-13-29)22(7-2)17-26(24)28(31)14-21(27)5/h14-15,17-18,25H,4-13,16H2,1-3H3. The second-order valence-electron chi connectivity index (χ2n) is 9.65. The van der Waals surface area contributed by atoms with Crippen LogP contribution in [0.2, 0.25) is 0 Å². The molecule has 2 nitrogen and oxygen atoms in total. The molecular weight excluding hydrogens is 376 g/mol. The van der Waals surface area contributed by atoms with Crippen molar-refractivity contribution in [3.63, 3.8) is 0 Å². The van der Waals surface area contributed by atoms with Crippen molar-refractivity contribution in [3.8, 4) is 6.07 Å². The van der Waals surface area contributed by atoms with E-state index < -0.39 is 0 Å². The van der Waals surface area contributed by atoms with E-state index in [1.807, 2.05) is 0 Å². The summed E-state index contributed by atoms with van der Waals surface area (Å²) in [6, 6.07) is 7.91. The molecule has 1 aliphatic carbocycles. The number of hydrogen-bond donors (Lipinski definition) is 0. The molecule has 0 radical (unpaired) electrons. The van der Waals surface area contributed by atoms with Gasteiger partial charge in [-0.05, 0) is 96.9 Å². The van der Waals surface area contributed by atoms with Crippen LogP contribution in [-0.2, 0) is 19.3 Å². The highest BCUT2D eigenvalue weighted by Gasteiger charge is 2.42. The normalized spacial score (nSPS) is 20.9. The number of nitriles is 1. The summed E-state index contributed by atoms with van der Waals surface area (Å²) in [4.78, 5) is 2.49. The summed E-state index contributed by atoms with van der Waals surface area (Å²) >= 11 is 0. The van der Waals surface area contributed by atoms with Crippen molar-refractivity contribution in [3.05, 3.63) is 76.5 Å². The largest absolute Gasteiger partial charge is 0.343 e. The molecule has 0 bridgehead atoms. The minimum atomic E-state index is -0.0324. The average molecular weight is 413 g/mol. The van der Waals surface area contributed by atoms with Gasteiger partial charge in [-0.1, -0.05) is 46.4 Å². The molecule has 1 atom stereocenters. The maximum absolute atomic E-state index is 9.49. The van der Waals surface area contributed by atoms with Crippen molar-refractivity contribution in [2.24, 2.45) is 5.41 Å². The third kappa shape index (κ3) is 4.03. The molecule has 1 saturated carbocycles. The maximum Gasteiger partial charge on any atom is 0.0689 e. The second kappa shape index (κ2) is 8.54. The Morgan fingerprint density at radius 1 is 1.23 bits per heavy atom. The van der Waals surface area contributed by atoms with Crippen molar-refractivity contribution >= 4 is 5.70 Å². The van der Waals surface area contributed by atoms with E-state index in [0.717, 1.165) is 63.4 Å². The highest BCUT2D eigenvalue weighted by atomic mass is 15.2. The van der Waals surface area contributed by atoms with E-state index >= 15 is 0 Å². The average Bonchev–Trinajstić information content (AvgIpc) is 3.56. The minimum absolute atomic E-state index is 0.0324. The topological polar surface area (TPSA) is 27.0 Å². The molecule has 0 saturated heterocycles. The molecule has 2 heterocycles. The first-order valence-electron chi connectivity index (χ1n) is 12.1. The molecule has 1 aromatic carbocycles. The first kappa shape index (κ1) is 21.7. The van der Waals surface area contributed by atoms with Crippen molar-refractivity contribution in [1.29, 1.82) is 5.26 Å². The molecular formula is C29H36N2. The van der Waals surface area contributed by atoms with E-state index in [4.69, 9.17) is 0 Å². The zero-order valence-corrected chi connectivity index (χ0v) is 19.6. The molecule has 2 heteroatoms. The molecule has 1 fully saturated rings. The van der Waals surface area contributed by atoms with E-state index in [0.29, 0.717) is 6.04 Å². The Kier molecular flexibility index (Phi) is 5.98. The van der Waals surface area contributed by atoms with Gasteiger partial charge < -0.3 is 4.90 Å². The van der Waals surface area contributed by atoms with Crippen LogP contribution in [0.3, 0.4) is 0 Å². The van der Waals surface area contributed by atoms with Crippen LogP contribution in [0.4, 0.5) is 0 Å². The number of fused-ring (bicyclic) bond motifs is 3. The van der Waals surface area contributed by atoms with Gasteiger partial charge in [0.2, 0.25) is 0 Å². The predicted molar refractivity (Wildman–Crippen MR) is 130 cm³/mol. The van der Waals surface area contributed by atoms with Crippen LogP contribution in [0.5, 0.6) is 0 Å². The van der Waals surface area contributed by atoms with Crippen LogP contribution in [0.1, 0.15) is 81.5 Å². The Morgan fingerprint density at radius 3 is 2.61 bits per heavy atom. The number of aryl methyl sites for hydroxylation is 2. The number of rotatable bonds is 8. The first-order chi connectivity index (χ1) is 14.9. The monoisotopic (exact) mass is 412 g/mol. The summed E-state index contributed by atoms with van der Waals surface area (Å²) < 4.78 is 0. The summed E-state index contributed by atoms with van der Waals surface area (Å²) in [7, 11) is 0. The van der Waals surface area contributed by atoms with Crippen LogP contribution in [-0.4, -0.2) is 10.9 Å². The Bertz CT molecular complexity index is 1010. The lowest BCUT2D eigenvalue weighted by Gasteiger charge is -2.41. The Balaban J connectivity index is 1.69. The molecule has 2 aliphatic heterocycles. The van der Waals surface area contributed by atoms with Gasteiger partial charge in [0.05, 0.1) is 11.5 Å². The van der Waals surface area contributed by atoms with Crippen LogP contribution >= 0.6 is 0 Å². The van der Waals surface area contributed by atoms with Crippen molar-refractivity contribution in [2.45, 2.75) is 84.6 Å². The summed E-state index contributed by atoms with van der Waals surface area (Å²) in [5, 5.41) is 9.49. The van der Waals surface area contributed by atoms with E-state index in [2.05, 4.69) is 69.3 Å². The third-order valence-electron chi connectivity index (χ3n) is 7.50. The van der Waals surface area contributed by atoms with Gasteiger partial charge >= 0.3 is 0 Å². The smallest absolute Gasteiger partial charge is 0.0689 e. The molecule has 0 N–H and O–H groups in total. The lowest BCUT2D eigenvalue weighted by atomic mass is 9.82. The van der Waals surface area contributed by atoms with Crippen LogP contribution in [0.25, 0.3) is 5.70 Å². The predicted octanol–water partition coefficient (Wildman–Crippen LogP) is 7.27. The highest BCUT2D eigenvalue weighted by molar-refractivity contribution is 5.77. The summed E-state index contributed by atoms with van der Waals surface area (Å²) in [6.45, 7) is 15.5. The van der Waals surface area contributed by atoms with Gasteiger partial charge in [-0.3, -0.25) is 0 Å². The number of hydrogen-bond acceptors (Lipinski definition) is 2. The summed E-state index contributed by atoms with van der Waals surface area (Å²) in [5.74, 6) is 0. The third-order valence-corrected chi connectivity index (χ3v) is 7.50. The number of nitrogens with zero attached hydrogens (tertiary/aromatic N) is 2. The van der Waals surface area contributed by atoms with Crippen LogP contribution < -0.4 is 0 Å². The van der Waals surface area contributed by atoms with Crippen LogP contribution in [0.15, 0.2) is 54.3 Å². The molecule has 1 unspecified atom stereocenters. The molecule has 1 aromatic rings. The Morgan fingerprint density at radius 2 is 2.00 bits per heavy atom. The summed E-state index contributed by atoms with van der Waals surface area (Å²) in [6.07, 6.45) is 14.1. The Hall–Kier alpha value is -2.53. The lowest BCUT2D eigenvalue weighted by Crippen LogP contribution is -2.37. The van der Waals surface area contributed by atoms with E-state index in [1.54, 1.807) is 0 Å². The highest BCUT2D eigenvalue weighted by Crippen LogP contribution is 2.49. The van der Waals surface area contributed by atoms with Gasteiger partial charge in [0, 0.05) is 23.5 Å². The fraction of sp³-hybridized carbons (Fsp3) is 0.483. The molecule has 0 spiro atoms. The maximum atomic E-state index is 9.49. The van der Waals surface area contributed by atoms with Gasteiger partial charge in [0.15, 0.2) is 0 Å². The fourth-order valence-electron chi connectivity index (χ4n) is 5.23. The second-order valence-corrected chi connectivity index (χ2v) is 9.65. The van der Waals surface area contributed by atoms with Crippen molar-refractivity contribution in [2.75, 3.05) is 0 Å². The molecule has 162 valence electrons. The fourth-order valence-corrected chi connectivity index (χ4v) is 5.23. The summed E-state index contributed by atoms with van der Waals surface area (Å²) in [5.41, 5.74) is 10.5. The quantitative estimate of drug-likeness (QED) is 0.449.